The van der Waals surface area contributed by atoms with Crippen molar-refractivity contribution in [1.82, 2.24) is 9.78 Å². The average molecular weight is 435 g/mol. The van der Waals surface area contributed by atoms with Crippen molar-refractivity contribution in [2.45, 2.75) is 11.3 Å². The summed E-state index contributed by atoms with van der Waals surface area (Å²) in [5.41, 5.74) is 0.881. The molecule has 28 heavy (non-hydrogen) atoms. The minimum absolute atomic E-state index is 0.00506. The van der Waals surface area contributed by atoms with Crippen LogP contribution in [-0.4, -0.2) is 18.2 Å². The maximum absolute atomic E-state index is 12.5. The predicted molar refractivity (Wildman–Crippen MR) is 106 cm³/mol. The number of hydrogen-bond acceptors (Lipinski definition) is 5. The highest BCUT2D eigenvalue weighted by atomic mass is 35.5. The Balaban J connectivity index is 1.85. The Labute approximate surface area is 170 Å². The second-order valence-electron chi connectivity index (χ2n) is 5.65. The molecule has 0 spiro atoms. The Morgan fingerprint density at radius 1 is 1.07 bits per heavy atom. The summed E-state index contributed by atoms with van der Waals surface area (Å²) in [4.78, 5) is 12.1. The van der Waals surface area contributed by atoms with E-state index in [-0.39, 0.29) is 21.4 Å². The highest BCUT2D eigenvalue weighted by molar-refractivity contribution is 7.92. The van der Waals surface area contributed by atoms with E-state index >= 15 is 0 Å². The Hall–Kier alpha value is -2.86. The van der Waals surface area contributed by atoms with Crippen LogP contribution in [0.4, 0.5) is 5.69 Å². The van der Waals surface area contributed by atoms with Crippen molar-refractivity contribution in [3.63, 3.8) is 0 Å². The highest BCUT2D eigenvalue weighted by Gasteiger charge is 2.15. The van der Waals surface area contributed by atoms with E-state index in [1.54, 1.807) is 24.3 Å². The lowest BCUT2D eigenvalue weighted by Crippen LogP contribution is -2.21. The van der Waals surface area contributed by atoms with Crippen LogP contribution in [-0.2, 0) is 16.4 Å². The number of nitrogens with one attached hydrogen (secondary N) is 1. The third-order valence-electron chi connectivity index (χ3n) is 3.76. The van der Waals surface area contributed by atoms with Gasteiger partial charge in [0.15, 0.2) is 0 Å². The standard InChI is InChI=1S/C18H12Cl2N4O3S/c19-16-11-22-24(18(25)17(16)20)14-5-7-15(8-6-14)28(26,27)23-13-3-1-12(2-4-13)9-10-21/h1-8,11,23H,9H2. The number of hydrogen-bond donors (Lipinski definition) is 1. The highest BCUT2D eigenvalue weighted by Crippen LogP contribution is 2.19. The van der Waals surface area contributed by atoms with Gasteiger partial charge < -0.3 is 0 Å². The number of aromatic nitrogens is 2. The Morgan fingerprint density at radius 2 is 1.71 bits per heavy atom. The van der Waals surface area contributed by atoms with E-state index in [1.807, 2.05) is 6.07 Å². The van der Waals surface area contributed by atoms with Gasteiger partial charge in [0.1, 0.15) is 5.02 Å². The minimum atomic E-state index is -3.83. The quantitative estimate of drug-likeness (QED) is 0.662. The smallest absolute Gasteiger partial charge is 0.280 e. The second-order valence-corrected chi connectivity index (χ2v) is 8.12. The first kappa shape index (κ1) is 19.9. The fraction of sp³-hybridized carbons (Fsp3) is 0.0556. The maximum atomic E-state index is 12.5. The van der Waals surface area contributed by atoms with Crippen LogP contribution < -0.4 is 10.3 Å². The third-order valence-corrected chi connectivity index (χ3v) is 5.90. The first-order valence-corrected chi connectivity index (χ1v) is 10.1. The summed E-state index contributed by atoms with van der Waals surface area (Å²) < 4.78 is 28.6. The van der Waals surface area contributed by atoms with Crippen molar-refractivity contribution in [2.24, 2.45) is 0 Å². The van der Waals surface area contributed by atoms with Crippen LogP contribution in [0.1, 0.15) is 5.56 Å². The van der Waals surface area contributed by atoms with Gasteiger partial charge in [0.2, 0.25) is 0 Å². The molecule has 0 saturated carbocycles. The fourth-order valence-corrected chi connectivity index (χ4v) is 3.67. The van der Waals surface area contributed by atoms with Gasteiger partial charge >= 0.3 is 0 Å². The van der Waals surface area contributed by atoms with E-state index in [2.05, 4.69) is 9.82 Å². The van der Waals surface area contributed by atoms with Crippen molar-refractivity contribution < 1.29 is 8.42 Å². The topological polar surface area (TPSA) is 105 Å². The van der Waals surface area contributed by atoms with Crippen LogP contribution in [0.3, 0.4) is 0 Å². The SMILES string of the molecule is N#CCc1ccc(NS(=O)(=O)c2ccc(-n3ncc(Cl)c(Cl)c3=O)cc2)cc1. The van der Waals surface area contributed by atoms with Crippen molar-refractivity contribution in [3.05, 3.63) is 80.7 Å². The van der Waals surface area contributed by atoms with Crippen LogP contribution in [0, 0.1) is 11.3 Å². The summed E-state index contributed by atoms with van der Waals surface area (Å²) >= 11 is 11.6. The van der Waals surface area contributed by atoms with Gasteiger partial charge in [0.05, 0.1) is 34.3 Å². The molecule has 1 aromatic heterocycles. The largest absolute Gasteiger partial charge is 0.291 e. The van der Waals surface area contributed by atoms with Gasteiger partial charge in [-0.05, 0) is 42.0 Å². The lowest BCUT2D eigenvalue weighted by Gasteiger charge is -2.10. The van der Waals surface area contributed by atoms with Crippen molar-refractivity contribution in [2.75, 3.05) is 4.72 Å². The first-order valence-electron chi connectivity index (χ1n) is 7.84. The van der Waals surface area contributed by atoms with Gasteiger partial charge in [-0.25, -0.2) is 8.42 Å². The molecule has 10 heteroatoms. The molecule has 0 radical (unpaired) electrons. The first-order chi connectivity index (χ1) is 13.3. The van der Waals surface area contributed by atoms with Crippen LogP contribution in [0.5, 0.6) is 0 Å². The molecule has 0 aliphatic carbocycles. The zero-order valence-electron chi connectivity index (χ0n) is 14.1. The van der Waals surface area contributed by atoms with E-state index in [1.165, 1.54) is 30.5 Å². The minimum Gasteiger partial charge on any atom is -0.280 e. The molecule has 0 unspecified atom stereocenters. The number of rotatable bonds is 5. The molecule has 0 atom stereocenters. The second kappa shape index (κ2) is 8.02. The average Bonchev–Trinajstić information content (AvgIpc) is 2.68. The Kier molecular flexibility index (Phi) is 5.70. The van der Waals surface area contributed by atoms with Gasteiger partial charge in [-0.1, -0.05) is 35.3 Å². The van der Waals surface area contributed by atoms with Gasteiger partial charge in [0, 0.05) is 5.69 Å². The van der Waals surface area contributed by atoms with Crippen molar-refractivity contribution in [3.8, 4) is 11.8 Å². The van der Waals surface area contributed by atoms with E-state index in [0.29, 0.717) is 11.4 Å². The molecule has 1 heterocycles. The molecule has 3 rings (SSSR count). The molecule has 0 fully saturated rings. The lowest BCUT2D eigenvalue weighted by molar-refractivity contribution is 0.601. The van der Waals surface area contributed by atoms with Gasteiger partial charge in [0.25, 0.3) is 15.6 Å². The van der Waals surface area contributed by atoms with E-state index < -0.39 is 15.6 Å². The molecule has 0 bridgehead atoms. The van der Waals surface area contributed by atoms with E-state index in [0.717, 1.165) is 10.2 Å². The van der Waals surface area contributed by atoms with Crippen LogP contribution >= 0.6 is 23.2 Å². The van der Waals surface area contributed by atoms with Crippen LogP contribution in [0.15, 0.2) is 64.4 Å². The number of nitriles is 1. The van der Waals surface area contributed by atoms with Gasteiger partial charge in [-0.2, -0.15) is 15.0 Å². The summed E-state index contributed by atoms with van der Waals surface area (Å²) in [6, 6.07) is 14.1. The summed E-state index contributed by atoms with van der Waals surface area (Å²) in [5, 5.41) is 12.4. The molecule has 0 amide bonds. The summed E-state index contributed by atoms with van der Waals surface area (Å²) in [7, 11) is -3.83. The molecule has 7 nitrogen and oxygen atoms in total. The monoisotopic (exact) mass is 434 g/mol. The predicted octanol–water partition coefficient (Wildman–Crippen LogP) is 3.41. The van der Waals surface area contributed by atoms with Gasteiger partial charge in [-0.3, -0.25) is 9.52 Å². The number of anilines is 1. The molecule has 0 saturated heterocycles. The molecular weight excluding hydrogens is 423 g/mol. The van der Waals surface area contributed by atoms with Crippen molar-refractivity contribution >= 4 is 38.9 Å². The molecular formula is C18H12Cl2N4O3S. The van der Waals surface area contributed by atoms with Crippen LogP contribution in [0.2, 0.25) is 10.0 Å². The molecule has 0 aliphatic heterocycles. The number of halogens is 2. The molecule has 0 aliphatic rings. The summed E-state index contributed by atoms with van der Waals surface area (Å²) in [6.07, 6.45) is 1.48. The van der Waals surface area contributed by atoms with Gasteiger partial charge in [-0.15, -0.1) is 0 Å². The van der Waals surface area contributed by atoms with E-state index in [4.69, 9.17) is 28.5 Å². The number of sulfonamides is 1. The fourth-order valence-electron chi connectivity index (χ4n) is 2.36. The zero-order valence-corrected chi connectivity index (χ0v) is 16.5. The number of benzene rings is 2. The molecule has 1 N–H and O–H groups in total. The normalized spacial score (nSPS) is 11.0. The van der Waals surface area contributed by atoms with E-state index in [9.17, 15) is 13.2 Å². The van der Waals surface area contributed by atoms with Crippen LogP contribution in [0.25, 0.3) is 5.69 Å². The Morgan fingerprint density at radius 3 is 2.32 bits per heavy atom. The maximum Gasteiger partial charge on any atom is 0.291 e. The molecule has 142 valence electrons. The summed E-state index contributed by atoms with van der Waals surface area (Å²) in [6.45, 7) is 0. The van der Waals surface area contributed by atoms with Crippen molar-refractivity contribution in [1.29, 1.82) is 5.26 Å². The zero-order chi connectivity index (χ0) is 20.3. The summed E-state index contributed by atoms with van der Waals surface area (Å²) in [5.74, 6) is 0. The molecule has 2 aromatic carbocycles. The number of nitrogens with zero attached hydrogens (tertiary/aromatic N) is 3. The third kappa shape index (κ3) is 4.17. The lowest BCUT2D eigenvalue weighted by atomic mass is 10.1. The Bertz CT molecular complexity index is 1220. The molecule has 3 aromatic rings.